The quantitative estimate of drug-likeness (QED) is 0.796. The Bertz CT molecular complexity index is 587. The summed E-state index contributed by atoms with van der Waals surface area (Å²) in [5.41, 5.74) is 1.17. The molecule has 19 heavy (non-hydrogen) atoms. The second-order valence-corrected chi connectivity index (χ2v) is 6.77. The third-order valence-electron chi connectivity index (χ3n) is 3.51. The van der Waals surface area contributed by atoms with E-state index in [0.29, 0.717) is 30.6 Å². The molecule has 1 aromatic rings. The van der Waals surface area contributed by atoms with Gasteiger partial charge in [0.25, 0.3) is 0 Å². The number of benzene rings is 1. The summed E-state index contributed by atoms with van der Waals surface area (Å²) >= 11 is 0. The summed E-state index contributed by atoms with van der Waals surface area (Å²) in [7, 11) is -3.45. The average Bonchev–Trinajstić information content (AvgIpc) is 2.92. The van der Waals surface area contributed by atoms with Crippen molar-refractivity contribution < 1.29 is 13.2 Å². The van der Waals surface area contributed by atoms with Crippen LogP contribution in [-0.4, -0.2) is 31.6 Å². The molecule has 1 aliphatic heterocycles. The highest BCUT2D eigenvalue weighted by atomic mass is 32.2. The van der Waals surface area contributed by atoms with Gasteiger partial charge in [0, 0.05) is 25.1 Å². The van der Waals surface area contributed by atoms with Gasteiger partial charge in [0.05, 0.1) is 4.90 Å². The third-order valence-corrected chi connectivity index (χ3v) is 5.55. The topological polar surface area (TPSA) is 54.5 Å². The SMILES string of the molecule is CCC(=O)c1ccc(C)c(S(=O)(=O)N2CCCC2)c1. The largest absolute Gasteiger partial charge is 0.294 e. The molecule has 1 fully saturated rings. The first-order valence-electron chi connectivity index (χ1n) is 6.61. The van der Waals surface area contributed by atoms with Crippen LogP contribution in [0.5, 0.6) is 0 Å². The molecule has 0 saturated carbocycles. The Balaban J connectivity index is 2.46. The van der Waals surface area contributed by atoms with Gasteiger partial charge in [0.2, 0.25) is 10.0 Å². The summed E-state index contributed by atoms with van der Waals surface area (Å²) in [4.78, 5) is 12.0. The summed E-state index contributed by atoms with van der Waals surface area (Å²) in [6.07, 6.45) is 2.20. The second kappa shape index (κ2) is 5.43. The zero-order valence-electron chi connectivity index (χ0n) is 11.3. The lowest BCUT2D eigenvalue weighted by Gasteiger charge is -2.17. The van der Waals surface area contributed by atoms with E-state index in [9.17, 15) is 13.2 Å². The molecular formula is C14H19NO3S. The molecule has 0 aromatic heterocycles. The number of nitrogens with zero attached hydrogens (tertiary/aromatic N) is 1. The number of sulfonamides is 1. The Morgan fingerprint density at radius 1 is 1.26 bits per heavy atom. The summed E-state index contributed by atoms with van der Waals surface area (Å²) in [6.45, 7) is 4.70. The molecule has 0 bridgehead atoms. The molecule has 0 unspecified atom stereocenters. The van der Waals surface area contributed by atoms with E-state index in [2.05, 4.69) is 0 Å². The molecule has 104 valence electrons. The van der Waals surface area contributed by atoms with Crippen LogP contribution in [-0.2, 0) is 10.0 Å². The highest BCUT2D eigenvalue weighted by Crippen LogP contribution is 2.25. The maximum Gasteiger partial charge on any atom is 0.243 e. The lowest BCUT2D eigenvalue weighted by atomic mass is 10.1. The molecule has 2 rings (SSSR count). The van der Waals surface area contributed by atoms with Gasteiger partial charge in [-0.05, 0) is 31.4 Å². The fourth-order valence-electron chi connectivity index (χ4n) is 2.32. The lowest BCUT2D eigenvalue weighted by Crippen LogP contribution is -2.28. The van der Waals surface area contributed by atoms with E-state index >= 15 is 0 Å². The van der Waals surface area contributed by atoms with Crippen LogP contribution in [0, 0.1) is 6.92 Å². The molecule has 5 heteroatoms. The van der Waals surface area contributed by atoms with E-state index in [1.807, 2.05) is 0 Å². The molecular weight excluding hydrogens is 262 g/mol. The third kappa shape index (κ3) is 2.72. The van der Waals surface area contributed by atoms with Gasteiger partial charge in [0.1, 0.15) is 0 Å². The number of hydrogen-bond donors (Lipinski definition) is 0. The molecule has 1 heterocycles. The van der Waals surface area contributed by atoms with Crippen LogP contribution >= 0.6 is 0 Å². The molecule has 0 atom stereocenters. The second-order valence-electron chi connectivity index (χ2n) is 4.87. The average molecular weight is 281 g/mol. The van der Waals surface area contributed by atoms with Crippen LogP contribution in [0.25, 0.3) is 0 Å². The number of rotatable bonds is 4. The van der Waals surface area contributed by atoms with Crippen LogP contribution in [0.4, 0.5) is 0 Å². The van der Waals surface area contributed by atoms with Crippen molar-refractivity contribution in [1.82, 2.24) is 4.31 Å². The van der Waals surface area contributed by atoms with E-state index < -0.39 is 10.0 Å². The Kier molecular flexibility index (Phi) is 4.06. The van der Waals surface area contributed by atoms with Crippen molar-refractivity contribution in [2.24, 2.45) is 0 Å². The lowest BCUT2D eigenvalue weighted by molar-refractivity contribution is 0.0988. The van der Waals surface area contributed by atoms with Crippen LogP contribution < -0.4 is 0 Å². The zero-order chi connectivity index (χ0) is 14.0. The molecule has 0 aliphatic carbocycles. The van der Waals surface area contributed by atoms with Gasteiger partial charge >= 0.3 is 0 Å². The summed E-state index contributed by atoms with van der Waals surface area (Å²) < 4.78 is 26.6. The molecule has 0 N–H and O–H groups in total. The van der Waals surface area contributed by atoms with Gasteiger partial charge in [0.15, 0.2) is 5.78 Å². The molecule has 1 aromatic carbocycles. The summed E-state index contributed by atoms with van der Waals surface area (Å²) in [5.74, 6) is -0.0297. The van der Waals surface area contributed by atoms with Crippen LogP contribution in [0.15, 0.2) is 23.1 Å². The number of Topliss-reactive ketones (excluding diaryl/α,β-unsaturated/α-hetero) is 1. The molecule has 1 aliphatic rings. The first kappa shape index (κ1) is 14.2. The number of aryl methyl sites for hydroxylation is 1. The number of carbonyl (C=O) groups excluding carboxylic acids is 1. The predicted molar refractivity (Wildman–Crippen MR) is 73.8 cm³/mol. The number of hydrogen-bond acceptors (Lipinski definition) is 3. The minimum absolute atomic E-state index is 0.0297. The van der Waals surface area contributed by atoms with E-state index in [-0.39, 0.29) is 10.7 Å². The number of ketones is 1. The highest BCUT2D eigenvalue weighted by Gasteiger charge is 2.28. The van der Waals surface area contributed by atoms with Gasteiger partial charge < -0.3 is 0 Å². The summed E-state index contributed by atoms with van der Waals surface area (Å²) in [6, 6.07) is 4.94. The van der Waals surface area contributed by atoms with E-state index in [1.54, 1.807) is 26.0 Å². The van der Waals surface area contributed by atoms with Gasteiger partial charge in [-0.25, -0.2) is 8.42 Å². The molecule has 0 radical (unpaired) electrons. The van der Waals surface area contributed by atoms with Crippen LogP contribution in [0.1, 0.15) is 42.1 Å². The van der Waals surface area contributed by atoms with Crippen molar-refractivity contribution in [2.75, 3.05) is 13.1 Å². The van der Waals surface area contributed by atoms with Crippen molar-refractivity contribution in [1.29, 1.82) is 0 Å². The zero-order valence-corrected chi connectivity index (χ0v) is 12.2. The minimum atomic E-state index is -3.45. The van der Waals surface area contributed by atoms with Crippen molar-refractivity contribution in [3.63, 3.8) is 0 Å². The predicted octanol–water partition coefficient (Wildman–Crippen LogP) is 2.37. The van der Waals surface area contributed by atoms with Crippen molar-refractivity contribution in [3.05, 3.63) is 29.3 Å². The maximum atomic E-state index is 12.5. The monoisotopic (exact) mass is 281 g/mol. The van der Waals surface area contributed by atoms with Gasteiger partial charge in [-0.3, -0.25) is 4.79 Å². The molecule has 0 spiro atoms. The molecule has 0 amide bonds. The first-order valence-corrected chi connectivity index (χ1v) is 8.05. The standard InChI is InChI=1S/C14H19NO3S/c1-3-13(16)12-7-6-11(2)14(10-12)19(17,18)15-8-4-5-9-15/h6-7,10H,3-5,8-9H2,1-2H3. The Hall–Kier alpha value is -1.20. The highest BCUT2D eigenvalue weighted by molar-refractivity contribution is 7.89. The van der Waals surface area contributed by atoms with Crippen LogP contribution in [0.2, 0.25) is 0 Å². The van der Waals surface area contributed by atoms with Gasteiger partial charge in [-0.2, -0.15) is 4.31 Å². The molecule has 1 saturated heterocycles. The first-order chi connectivity index (χ1) is 8.96. The Morgan fingerprint density at radius 2 is 1.89 bits per heavy atom. The minimum Gasteiger partial charge on any atom is -0.294 e. The van der Waals surface area contributed by atoms with Crippen molar-refractivity contribution in [2.45, 2.75) is 38.0 Å². The Morgan fingerprint density at radius 3 is 2.47 bits per heavy atom. The van der Waals surface area contributed by atoms with E-state index in [0.717, 1.165) is 12.8 Å². The molecule has 4 nitrogen and oxygen atoms in total. The fourth-order valence-corrected chi connectivity index (χ4v) is 4.09. The van der Waals surface area contributed by atoms with Crippen LogP contribution in [0.3, 0.4) is 0 Å². The fraction of sp³-hybridized carbons (Fsp3) is 0.500. The van der Waals surface area contributed by atoms with E-state index in [4.69, 9.17) is 0 Å². The van der Waals surface area contributed by atoms with E-state index in [1.165, 1.54) is 10.4 Å². The van der Waals surface area contributed by atoms with Crippen molar-refractivity contribution in [3.8, 4) is 0 Å². The smallest absolute Gasteiger partial charge is 0.243 e. The number of carbonyl (C=O) groups is 1. The summed E-state index contributed by atoms with van der Waals surface area (Å²) in [5, 5.41) is 0. The Labute approximate surface area is 114 Å². The van der Waals surface area contributed by atoms with Gasteiger partial charge in [-0.15, -0.1) is 0 Å². The maximum absolute atomic E-state index is 12.5. The van der Waals surface area contributed by atoms with Gasteiger partial charge in [-0.1, -0.05) is 19.1 Å². The van der Waals surface area contributed by atoms with Crippen molar-refractivity contribution >= 4 is 15.8 Å². The normalized spacial score (nSPS) is 16.7.